The molecule has 4 heteroatoms. The molecular formula is C15H27ClOSi2. The zero-order valence-corrected chi connectivity index (χ0v) is 16.1. The molecule has 2 atom stereocenters. The van der Waals surface area contributed by atoms with Gasteiger partial charge in [-0.1, -0.05) is 70.6 Å². The highest BCUT2D eigenvalue weighted by atomic mass is 35.5. The summed E-state index contributed by atoms with van der Waals surface area (Å²) in [6.45, 7) is 14.0. The van der Waals surface area contributed by atoms with Crippen LogP contribution >= 0.6 is 11.6 Å². The maximum absolute atomic E-state index is 6.61. The van der Waals surface area contributed by atoms with Crippen LogP contribution in [-0.4, -0.2) is 16.9 Å². The van der Waals surface area contributed by atoms with E-state index in [9.17, 15) is 0 Å². The lowest BCUT2D eigenvalue weighted by Gasteiger charge is -2.35. The molecule has 0 saturated carbocycles. The quantitative estimate of drug-likeness (QED) is 0.703. The summed E-state index contributed by atoms with van der Waals surface area (Å²) < 4.78 is 6.61. The predicted octanol–water partition coefficient (Wildman–Crippen LogP) is 4.90. The molecular weight excluding hydrogens is 288 g/mol. The molecule has 1 rings (SSSR count). The minimum Gasteiger partial charge on any atom is -0.416 e. The van der Waals surface area contributed by atoms with Crippen molar-refractivity contribution in [2.45, 2.75) is 58.4 Å². The van der Waals surface area contributed by atoms with Gasteiger partial charge in [0.15, 0.2) is 8.56 Å². The predicted molar refractivity (Wildman–Crippen MR) is 91.3 cm³/mol. The van der Waals surface area contributed by atoms with Gasteiger partial charge in [0.25, 0.3) is 0 Å². The van der Waals surface area contributed by atoms with Gasteiger partial charge >= 0.3 is 0 Å². The summed E-state index contributed by atoms with van der Waals surface area (Å²) in [6, 6.07) is 8.10. The highest BCUT2D eigenvalue weighted by Gasteiger charge is 2.33. The smallest absolute Gasteiger partial charge is 0.167 e. The Balaban J connectivity index is 2.96. The number of benzene rings is 1. The van der Waals surface area contributed by atoms with E-state index in [2.05, 4.69) is 46.9 Å². The molecule has 0 aliphatic carbocycles. The highest BCUT2D eigenvalue weighted by molar-refractivity contribution is 7.19. The fraction of sp³-hybridized carbons (Fsp3) is 0.600. The van der Waals surface area contributed by atoms with Crippen molar-refractivity contribution in [1.29, 1.82) is 0 Å². The van der Waals surface area contributed by atoms with Crippen molar-refractivity contribution in [2.24, 2.45) is 0 Å². The molecule has 0 amide bonds. The average molecular weight is 315 g/mol. The third-order valence-electron chi connectivity index (χ3n) is 3.39. The van der Waals surface area contributed by atoms with Crippen molar-refractivity contribution in [3.8, 4) is 0 Å². The van der Waals surface area contributed by atoms with Crippen LogP contribution in [0.15, 0.2) is 24.3 Å². The van der Waals surface area contributed by atoms with Gasteiger partial charge in [-0.05, 0) is 23.1 Å². The van der Waals surface area contributed by atoms with E-state index in [1.807, 2.05) is 18.2 Å². The SMILES string of the molecule is CCC(O[SiH]([SiH](C)C)C(C)(C)C)c1ccccc1Cl. The molecule has 0 radical (unpaired) electrons. The van der Waals surface area contributed by atoms with Gasteiger partial charge in [-0.3, -0.25) is 0 Å². The second-order valence-electron chi connectivity index (χ2n) is 6.59. The minimum atomic E-state index is -1.18. The number of halogens is 1. The van der Waals surface area contributed by atoms with Crippen LogP contribution in [0.2, 0.25) is 23.2 Å². The van der Waals surface area contributed by atoms with E-state index in [0.29, 0.717) is 5.04 Å². The molecule has 0 bridgehead atoms. The van der Waals surface area contributed by atoms with Crippen molar-refractivity contribution < 1.29 is 4.43 Å². The molecule has 1 aromatic carbocycles. The first-order valence-corrected chi connectivity index (χ1v) is 13.6. The molecule has 0 spiro atoms. The molecule has 0 aliphatic heterocycles. The zero-order chi connectivity index (χ0) is 14.6. The third-order valence-corrected chi connectivity index (χ3v) is 14.4. The second kappa shape index (κ2) is 7.07. The summed E-state index contributed by atoms with van der Waals surface area (Å²) in [4.78, 5) is 0. The minimum absolute atomic E-state index is 0.166. The zero-order valence-electron chi connectivity index (χ0n) is 13.0. The lowest BCUT2D eigenvalue weighted by atomic mass is 10.1. The molecule has 2 unspecified atom stereocenters. The molecule has 0 saturated heterocycles. The summed E-state index contributed by atoms with van der Waals surface area (Å²) in [5, 5.41) is 1.16. The molecule has 0 heterocycles. The first kappa shape index (κ1) is 17.0. The van der Waals surface area contributed by atoms with Crippen LogP contribution in [0.5, 0.6) is 0 Å². The summed E-state index contributed by atoms with van der Waals surface area (Å²) in [5.41, 5.74) is 1.16. The Labute approximate surface area is 126 Å². The fourth-order valence-corrected chi connectivity index (χ4v) is 13.8. The van der Waals surface area contributed by atoms with E-state index in [-0.39, 0.29) is 6.10 Å². The standard InChI is InChI=1S/C15H27ClOSi2/c1-7-14(12-10-8-9-11-13(12)16)17-19(18(5)6)15(2,3)4/h8-11,14,18-19H,7H2,1-6H3. The van der Waals surface area contributed by atoms with Crippen molar-refractivity contribution >= 4 is 28.5 Å². The van der Waals surface area contributed by atoms with Crippen molar-refractivity contribution in [3.63, 3.8) is 0 Å². The van der Waals surface area contributed by atoms with Gasteiger partial charge in [-0.15, -0.1) is 0 Å². The van der Waals surface area contributed by atoms with E-state index < -0.39 is 16.9 Å². The van der Waals surface area contributed by atoms with Crippen LogP contribution in [0, 0.1) is 0 Å². The molecule has 1 aromatic rings. The molecule has 0 aromatic heterocycles. The Kier molecular flexibility index (Phi) is 6.31. The summed E-state index contributed by atoms with van der Waals surface area (Å²) in [6.07, 6.45) is 1.16. The van der Waals surface area contributed by atoms with Crippen LogP contribution < -0.4 is 0 Å². The van der Waals surface area contributed by atoms with Crippen molar-refractivity contribution in [1.82, 2.24) is 0 Å². The van der Waals surface area contributed by atoms with E-state index in [4.69, 9.17) is 16.0 Å². The Morgan fingerprint density at radius 3 is 2.21 bits per heavy atom. The lowest BCUT2D eigenvalue weighted by Crippen LogP contribution is -2.42. The molecule has 0 aliphatic rings. The fourth-order valence-electron chi connectivity index (χ4n) is 2.66. The van der Waals surface area contributed by atoms with Gasteiger partial charge in [-0.2, -0.15) is 0 Å². The number of rotatable bonds is 5. The first-order valence-electron chi connectivity index (χ1n) is 7.17. The summed E-state index contributed by atoms with van der Waals surface area (Å²) in [7, 11) is -1.93. The Morgan fingerprint density at radius 2 is 1.79 bits per heavy atom. The van der Waals surface area contributed by atoms with Gasteiger partial charge in [0.1, 0.15) is 0 Å². The third kappa shape index (κ3) is 4.74. The maximum atomic E-state index is 6.61. The number of hydrogen-bond donors (Lipinski definition) is 0. The normalized spacial score (nSPS) is 15.6. The summed E-state index contributed by atoms with van der Waals surface area (Å²) >= 11 is 6.32. The Hall–Kier alpha value is -0.0962. The largest absolute Gasteiger partial charge is 0.416 e. The summed E-state index contributed by atoms with van der Waals surface area (Å²) in [5.74, 6) is 0. The van der Waals surface area contributed by atoms with Crippen LogP contribution in [-0.2, 0) is 4.43 Å². The Bertz CT molecular complexity index is 401. The van der Waals surface area contributed by atoms with Gasteiger partial charge in [-0.25, -0.2) is 0 Å². The topological polar surface area (TPSA) is 9.23 Å². The van der Waals surface area contributed by atoms with E-state index in [1.54, 1.807) is 0 Å². The van der Waals surface area contributed by atoms with E-state index >= 15 is 0 Å². The second-order valence-corrected chi connectivity index (χ2v) is 18.1. The van der Waals surface area contributed by atoms with Crippen LogP contribution in [0.4, 0.5) is 0 Å². The van der Waals surface area contributed by atoms with Gasteiger partial charge < -0.3 is 4.43 Å². The maximum Gasteiger partial charge on any atom is 0.167 e. The Morgan fingerprint density at radius 1 is 1.21 bits per heavy atom. The van der Waals surface area contributed by atoms with Crippen LogP contribution in [0.3, 0.4) is 0 Å². The molecule has 0 fully saturated rings. The first-order chi connectivity index (χ1) is 8.77. The van der Waals surface area contributed by atoms with Gasteiger partial charge in [0.2, 0.25) is 0 Å². The molecule has 19 heavy (non-hydrogen) atoms. The van der Waals surface area contributed by atoms with Gasteiger partial charge in [0, 0.05) is 5.02 Å². The average Bonchev–Trinajstić information content (AvgIpc) is 2.29. The van der Waals surface area contributed by atoms with E-state index in [0.717, 1.165) is 17.0 Å². The monoisotopic (exact) mass is 314 g/mol. The molecule has 1 nitrogen and oxygen atoms in total. The van der Waals surface area contributed by atoms with Crippen molar-refractivity contribution in [3.05, 3.63) is 34.9 Å². The van der Waals surface area contributed by atoms with Crippen LogP contribution in [0.25, 0.3) is 0 Å². The lowest BCUT2D eigenvalue weighted by molar-refractivity contribution is 0.198. The molecule has 108 valence electrons. The van der Waals surface area contributed by atoms with E-state index in [1.165, 1.54) is 0 Å². The van der Waals surface area contributed by atoms with Crippen LogP contribution in [0.1, 0.15) is 45.8 Å². The molecule has 0 N–H and O–H groups in total. The number of hydrogen-bond acceptors (Lipinski definition) is 1. The van der Waals surface area contributed by atoms with Crippen molar-refractivity contribution in [2.75, 3.05) is 0 Å². The highest BCUT2D eigenvalue weighted by Crippen LogP contribution is 2.35. The van der Waals surface area contributed by atoms with Gasteiger partial charge in [0.05, 0.1) is 14.4 Å².